The van der Waals surface area contributed by atoms with Gasteiger partial charge >= 0.3 is 0 Å². The van der Waals surface area contributed by atoms with Crippen LogP contribution in [0.15, 0.2) is 22.5 Å². The van der Waals surface area contributed by atoms with Gasteiger partial charge in [0.15, 0.2) is 5.96 Å². The first-order valence-electron chi connectivity index (χ1n) is 9.81. The number of piperidine rings is 1. The van der Waals surface area contributed by atoms with E-state index in [1.807, 2.05) is 18.4 Å². The maximum Gasteiger partial charge on any atom is 0.191 e. The van der Waals surface area contributed by atoms with Crippen LogP contribution in [0.4, 0.5) is 0 Å². The van der Waals surface area contributed by atoms with Crippen molar-refractivity contribution in [2.45, 2.75) is 38.1 Å². The van der Waals surface area contributed by atoms with Crippen molar-refractivity contribution in [2.24, 2.45) is 4.99 Å². The first kappa shape index (κ1) is 21.9. The zero-order valence-electron chi connectivity index (χ0n) is 16.0. The summed E-state index contributed by atoms with van der Waals surface area (Å²) >= 11 is 1.87. The van der Waals surface area contributed by atoms with Crippen LogP contribution in [0.2, 0.25) is 0 Å². The van der Waals surface area contributed by atoms with E-state index in [2.05, 4.69) is 42.9 Å². The van der Waals surface area contributed by atoms with Gasteiger partial charge in [0.05, 0.1) is 6.04 Å². The summed E-state index contributed by atoms with van der Waals surface area (Å²) in [5.74, 6) is 0.928. The van der Waals surface area contributed by atoms with Gasteiger partial charge in [-0.2, -0.15) is 0 Å². The van der Waals surface area contributed by atoms with E-state index in [1.54, 1.807) is 0 Å². The molecular weight excluding hydrogens is 457 g/mol. The molecule has 2 saturated heterocycles. The Morgan fingerprint density at radius 3 is 2.50 bits per heavy atom. The number of rotatable bonds is 7. The molecule has 0 radical (unpaired) electrons. The predicted octanol–water partition coefficient (Wildman–Crippen LogP) is 3.15. The maximum atomic E-state index is 4.41. The number of nitrogens with one attached hydrogen (secondary N) is 2. The lowest BCUT2D eigenvalue weighted by atomic mass is 10.1. The largest absolute Gasteiger partial charge is 0.355 e. The fourth-order valence-corrected chi connectivity index (χ4v) is 4.73. The highest BCUT2D eigenvalue weighted by molar-refractivity contribution is 14.0. The lowest BCUT2D eigenvalue weighted by Gasteiger charge is -2.28. The number of halogens is 1. The monoisotopic (exact) mass is 491 g/mol. The van der Waals surface area contributed by atoms with Gasteiger partial charge in [0, 0.05) is 31.6 Å². The molecule has 0 bridgehead atoms. The SMILES string of the molecule is CN=C(NCCN1CCCCC1)NCC(c1cccs1)N1CCCC1.I. The third-order valence-electron chi connectivity index (χ3n) is 5.31. The molecule has 26 heavy (non-hydrogen) atoms. The predicted molar refractivity (Wildman–Crippen MR) is 123 cm³/mol. The third kappa shape index (κ3) is 6.65. The first-order chi connectivity index (χ1) is 12.4. The maximum absolute atomic E-state index is 4.41. The Bertz CT molecular complexity index is 510. The fraction of sp³-hybridized carbons (Fsp3) is 0.737. The minimum atomic E-state index is 0. The molecule has 3 rings (SSSR count). The second-order valence-electron chi connectivity index (χ2n) is 7.06. The molecule has 2 fully saturated rings. The highest BCUT2D eigenvalue weighted by Gasteiger charge is 2.24. The molecule has 2 aliphatic rings. The average Bonchev–Trinajstić information content (AvgIpc) is 3.36. The fourth-order valence-electron chi connectivity index (χ4n) is 3.87. The number of hydrogen-bond donors (Lipinski definition) is 2. The van der Waals surface area contributed by atoms with Gasteiger partial charge in [-0.1, -0.05) is 12.5 Å². The van der Waals surface area contributed by atoms with Gasteiger partial charge < -0.3 is 15.5 Å². The molecule has 2 N–H and O–H groups in total. The van der Waals surface area contributed by atoms with Gasteiger partial charge in [-0.25, -0.2) is 0 Å². The minimum Gasteiger partial charge on any atom is -0.355 e. The van der Waals surface area contributed by atoms with Crippen LogP contribution in [0.3, 0.4) is 0 Å². The number of likely N-dealkylation sites (tertiary alicyclic amines) is 2. The van der Waals surface area contributed by atoms with E-state index < -0.39 is 0 Å². The first-order valence-corrected chi connectivity index (χ1v) is 10.7. The summed E-state index contributed by atoms with van der Waals surface area (Å²) in [6.07, 6.45) is 6.75. The van der Waals surface area contributed by atoms with Crippen molar-refractivity contribution < 1.29 is 0 Å². The van der Waals surface area contributed by atoms with Gasteiger partial charge in [-0.3, -0.25) is 9.89 Å². The molecule has 1 aromatic rings. The Kier molecular flexibility index (Phi) is 10.2. The van der Waals surface area contributed by atoms with Crippen molar-refractivity contribution in [2.75, 3.05) is 52.9 Å². The van der Waals surface area contributed by atoms with E-state index in [4.69, 9.17) is 0 Å². The van der Waals surface area contributed by atoms with Gasteiger partial charge in [0.1, 0.15) is 0 Å². The normalized spacial score (nSPS) is 20.6. The van der Waals surface area contributed by atoms with E-state index >= 15 is 0 Å². The van der Waals surface area contributed by atoms with E-state index in [1.165, 1.54) is 63.2 Å². The number of hydrogen-bond acceptors (Lipinski definition) is 4. The van der Waals surface area contributed by atoms with Gasteiger partial charge in [0.25, 0.3) is 0 Å². The Morgan fingerprint density at radius 2 is 1.85 bits per heavy atom. The summed E-state index contributed by atoms with van der Waals surface area (Å²) in [6, 6.07) is 4.89. The van der Waals surface area contributed by atoms with E-state index in [-0.39, 0.29) is 24.0 Å². The molecule has 0 amide bonds. The molecule has 0 aromatic carbocycles. The second kappa shape index (κ2) is 12.2. The van der Waals surface area contributed by atoms with Crippen LogP contribution in [0.1, 0.15) is 43.0 Å². The standard InChI is InChI=1S/C19H33N5S.HI/c1-20-19(21-9-14-23-10-3-2-4-11-23)22-16-17(18-8-7-15-25-18)24-12-5-6-13-24;/h7-8,15,17H,2-6,9-14,16H2,1H3,(H2,20,21,22);1H. The van der Waals surface area contributed by atoms with Crippen LogP contribution in [0.5, 0.6) is 0 Å². The summed E-state index contributed by atoms with van der Waals surface area (Å²) < 4.78 is 0. The Balaban J connectivity index is 0.00000243. The quantitative estimate of drug-likeness (QED) is 0.350. The van der Waals surface area contributed by atoms with Gasteiger partial charge in [-0.15, -0.1) is 35.3 Å². The Hall–Kier alpha value is -0.380. The molecule has 1 atom stereocenters. The van der Waals surface area contributed by atoms with Crippen LogP contribution in [0.25, 0.3) is 0 Å². The molecule has 1 aromatic heterocycles. The molecule has 5 nitrogen and oxygen atoms in total. The minimum absolute atomic E-state index is 0. The van der Waals surface area contributed by atoms with Crippen molar-refractivity contribution >= 4 is 41.3 Å². The Labute approximate surface area is 179 Å². The third-order valence-corrected chi connectivity index (χ3v) is 6.28. The summed E-state index contributed by atoms with van der Waals surface area (Å²) in [6.45, 7) is 7.93. The van der Waals surface area contributed by atoms with Crippen LogP contribution >= 0.6 is 35.3 Å². The highest BCUT2D eigenvalue weighted by atomic mass is 127. The summed E-state index contributed by atoms with van der Waals surface area (Å²) in [5, 5.41) is 9.23. The van der Waals surface area contributed by atoms with Crippen LogP contribution in [-0.2, 0) is 0 Å². The lowest BCUT2D eigenvalue weighted by molar-refractivity contribution is 0.231. The molecule has 7 heteroatoms. The average molecular weight is 491 g/mol. The Morgan fingerprint density at radius 1 is 1.12 bits per heavy atom. The molecule has 1 unspecified atom stereocenters. The topological polar surface area (TPSA) is 42.9 Å². The zero-order chi connectivity index (χ0) is 17.3. The number of aliphatic imine (C=N–C) groups is 1. The van der Waals surface area contributed by atoms with Crippen LogP contribution in [-0.4, -0.2) is 68.6 Å². The van der Waals surface area contributed by atoms with E-state index in [0.717, 1.165) is 25.6 Å². The van der Waals surface area contributed by atoms with Crippen LogP contribution in [0, 0.1) is 0 Å². The molecular formula is C19H34IN5S. The van der Waals surface area contributed by atoms with Gasteiger partial charge in [0.2, 0.25) is 0 Å². The number of nitrogens with zero attached hydrogens (tertiary/aromatic N) is 3. The summed E-state index contributed by atoms with van der Waals surface area (Å²) in [7, 11) is 1.87. The smallest absolute Gasteiger partial charge is 0.191 e. The molecule has 0 aliphatic carbocycles. The summed E-state index contributed by atoms with van der Waals surface area (Å²) in [5.41, 5.74) is 0. The van der Waals surface area contributed by atoms with E-state index in [0.29, 0.717) is 6.04 Å². The molecule has 148 valence electrons. The van der Waals surface area contributed by atoms with Gasteiger partial charge in [-0.05, 0) is 63.3 Å². The van der Waals surface area contributed by atoms with Crippen molar-refractivity contribution in [3.05, 3.63) is 22.4 Å². The van der Waals surface area contributed by atoms with E-state index in [9.17, 15) is 0 Å². The highest BCUT2D eigenvalue weighted by Crippen LogP contribution is 2.27. The lowest BCUT2D eigenvalue weighted by Crippen LogP contribution is -2.45. The van der Waals surface area contributed by atoms with Crippen molar-refractivity contribution in [1.29, 1.82) is 0 Å². The summed E-state index contributed by atoms with van der Waals surface area (Å²) in [4.78, 5) is 11.0. The molecule has 0 saturated carbocycles. The number of thiophene rings is 1. The second-order valence-corrected chi connectivity index (χ2v) is 8.04. The molecule has 0 spiro atoms. The zero-order valence-corrected chi connectivity index (χ0v) is 19.1. The molecule has 3 heterocycles. The van der Waals surface area contributed by atoms with Crippen molar-refractivity contribution in [1.82, 2.24) is 20.4 Å². The van der Waals surface area contributed by atoms with Crippen molar-refractivity contribution in [3.63, 3.8) is 0 Å². The molecule has 2 aliphatic heterocycles. The van der Waals surface area contributed by atoms with Crippen LogP contribution < -0.4 is 10.6 Å². The van der Waals surface area contributed by atoms with Crippen molar-refractivity contribution in [3.8, 4) is 0 Å². The number of guanidine groups is 1.